The summed E-state index contributed by atoms with van der Waals surface area (Å²) < 4.78 is 2.39. The van der Waals surface area contributed by atoms with Gasteiger partial charge in [0.05, 0.1) is 11.0 Å². The highest BCUT2D eigenvalue weighted by Gasteiger charge is 2.16. The van der Waals surface area contributed by atoms with Gasteiger partial charge in [-0.3, -0.25) is 0 Å². The predicted molar refractivity (Wildman–Crippen MR) is 229 cm³/mol. The number of rotatable bonds is 7. The van der Waals surface area contributed by atoms with Crippen molar-refractivity contribution in [3.8, 4) is 39.1 Å². The van der Waals surface area contributed by atoms with Crippen LogP contribution in [-0.2, 0) is 0 Å². The van der Waals surface area contributed by atoms with E-state index < -0.39 is 0 Å². The van der Waals surface area contributed by atoms with Gasteiger partial charge in [0.15, 0.2) is 0 Å². The van der Waals surface area contributed by atoms with Gasteiger partial charge in [0.1, 0.15) is 0 Å². The second kappa shape index (κ2) is 13.4. The summed E-state index contributed by atoms with van der Waals surface area (Å²) in [7, 11) is 0. The second-order valence-electron chi connectivity index (χ2n) is 13.8. The van der Waals surface area contributed by atoms with E-state index in [9.17, 15) is 0 Å². The molecule has 10 aromatic rings. The third-order valence-corrected chi connectivity index (χ3v) is 10.5. The highest BCUT2D eigenvalue weighted by Crippen LogP contribution is 2.40. The van der Waals surface area contributed by atoms with Gasteiger partial charge in [0.25, 0.3) is 0 Å². The normalized spacial score (nSPS) is 11.3. The Kier molecular flexibility index (Phi) is 7.85. The fourth-order valence-electron chi connectivity index (χ4n) is 7.92. The summed E-state index contributed by atoms with van der Waals surface area (Å²) in [6.07, 6.45) is 0. The van der Waals surface area contributed by atoms with Crippen molar-refractivity contribution in [2.45, 2.75) is 0 Å². The standard InChI is InChI=1S/C52H36N2/c1-2-13-37(14-3-1)41-17-10-20-46(34-41)53(45-31-29-39(30-32-45)44-28-27-38-15-4-5-16-40(38)33-44)47-21-11-18-42(35-47)43-19-12-22-48(36-43)54-51-25-8-6-23-49(51)50-24-7-9-26-52(50)54/h1-36H. The number of fused-ring (bicyclic) bond motifs is 4. The van der Waals surface area contributed by atoms with Crippen LogP contribution in [0.1, 0.15) is 0 Å². The van der Waals surface area contributed by atoms with Gasteiger partial charge in [-0.2, -0.15) is 0 Å². The van der Waals surface area contributed by atoms with E-state index in [4.69, 9.17) is 0 Å². The third kappa shape index (κ3) is 5.71. The molecule has 1 aromatic heterocycles. The molecule has 1 heterocycles. The van der Waals surface area contributed by atoms with Crippen molar-refractivity contribution in [2.75, 3.05) is 4.90 Å². The zero-order valence-electron chi connectivity index (χ0n) is 29.7. The SMILES string of the molecule is c1ccc(-c2cccc(N(c3ccc(-c4ccc5ccccc5c4)cc3)c3cccc(-c4cccc(-n5c6ccccc6c6ccccc65)c4)c3)c2)cc1. The molecular formula is C52H36N2. The second-order valence-corrected chi connectivity index (χ2v) is 13.8. The number of aromatic nitrogens is 1. The molecule has 10 rings (SSSR count). The monoisotopic (exact) mass is 688 g/mol. The molecule has 0 aliphatic rings. The van der Waals surface area contributed by atoms with Crippen LogP contribution < -0.4 is 4.90 Å². The maximum absolute atomic E-state index is 2.39. The summed E-state index contributed by atoms with van der Waals surface area (Å²) in [6, 6.07) is 78.9. The zero-order valence-corrected chi connectivity index (χ0v) is 29.7. The lowest BCUT2D eigenvalue weighted by molar-refractivity contribution is 1.18. The molecule has 2 heteroatoms. The molecule has 0 unspecified atom stereocenters. The Labute approximate surface area is 315 Å². The molecule has 0 bridgehead atoms. The number of nitrogens with zero attached hydrogens (tertiary/aromatic N) is 2. The van der Waals surface area contributed by atoms with Crippen molar-refractivity contribution in [1.29, 1.82) is 0 Å². The third-order valence-electron chi connectivity index (χ3n) is 10.5. The van der Waals surface area contributed by atoms with Crippen molar-refractivity contribution < 1.29 is 0 Å². The predicted octanol–water partition coefficient (Wildman–Crippen LogP) is 14.4. The molecule has 9 aromatic carbocycles. The molecule has 0 fully saturated rings. The van der Waals surface area contributed by atoms with Gasteiger partial charge in [-0.25, -0.2) is 0 Å². The van der Waals surface area contributed by atoms with Gasteiger partial charge in [-0.05, 0) is 111 Å². The first kappa shape index (κ1) is 31.6. The molecule has 0 atom stereocenters. The van der Waals surface area contributed by atoms with Crippen LogP contribution in [0.4, 0.5) is 17.1 Å². The van der Waals surface area contributed by atoms with Crippen LogP contribution in [0.15, 0.2) is 218 Å². The van der Waals surface area contributed by atoms with Gasteiger partial charge in [0, 0.05) is 33.5 Å². The maximum Gasteiger partial charge on any atom is 0.0541 e. The van der Waals surface area contributed by atoms with E-state index in [1.165, 1.54) is 60.4 Å². The van der Waals surface area contributed by atoms with Crippen molar-refractivity contribution in [3.05, 3.63) is 218 Å². The van der Waals surface area contributed by atoms with E-state index in [1.807, 2.05) is 0 Å². The topological polar surface area (TPSA) is 8.17 Å². The molecule has 0 radical (unpaired) electrons. The quantitative estimate of drug-likeness (QED) is 0.162. The molecule has 0 N–H and O–H groups in total. The van der Waals surface area contributed by atoms with Gasteiger partial charge >= 0.3 is 0 Å². The van der Waals surface area contributed by atoms with Gasteiger partial charge in [-0.1, -0.05) is 152 Å². The minimum atomic E-state index is 1.10. The molecule has 0 aliphatic heterocycles. The Morgan fingerprint density at radius 1 is 0.278 bits per heavy atom. The Bertz CT molecular complexity index is 2880. The molecule has 0 aliphatic carbocycles. The van der Waals surface area contributed by atoms with Crippen LogP contribution in [-0.4, -0.2) is 4.57 Å². The van der Waals surface area contributed by atoms with Crippen LogP contribution in [0.25, 0.3) is 71.6 Å². The van der Waals surface area contributed by atoms with Crippen LogP contribution in [0.2, 0.25) is 0 Å². The smallest absolute Gasteiger partial charge is 0.0541 e. The van der Waals surface area contributed by atoms with E-state index in [2.05, 4.69) is 228 Å². The summed E-state index contributed by atoms with van der Waals surface area (Å²) in [6.45, 7) is 0. The number of para-hydroxylation sites is 2. The molecule has 0 saturated heterocycles. The lowest BCUT2D eigenvalue weighted by Crippen LogP contribution is -2.10. The van der Waals surface area contributed by atoms with E-state index in [-0.39, 0.29) is 0 Å². The fourth-order valence-corrected chi connectivity index (χ4v) is 7.92. The van der Waals surface area contributed by atoms with Crippen molar-refractivity contribution in [1.82, 2.24) is 4.57 Å². The summed E-state index contributed by atoms with van der Waals surface area (Å²) in [5.74, 6) is 0. The van der Waals surface area contributed by atoms with E-state index >= 15 is 0 Å². The first-order valence-electron chi connectivity index (χ1n) is 18.5. The maximum atomic E-state index is 2.39. The summed E-state index contributed by atoms with van der Waals surface area (Å²) in [5, 5.41) is 5.03. The lowest BCUT2D eigenvalue weighted by atomic mass is 10.00. The Morgan fingerprint density at radius 2 is 0.759 bits per heavy atom. The van der Waals surface area contributed by atoms with Crippen molar-refractivity contribution in [2.24, 2.45) is 0 Å². The van der Waals surface area contributed by atoms with Crippen LogP contribution >= 0.6 is 0 Å². The Balaban J connectivity index is 1.08. The zero-order chi connectivity index (χ0) is 35.8. The largest absolute Gasteiger partial charge is 0.310 e. The number of anilines is 3. The lowest BCUT2D eigenvalue weighted by Gasteiger charge is -2.27. The van der Waals surface area contributed by atoms with Crippen molar-refractivity contribution >= 4 is 49.6 Å². The minimum Gasteiger partial charge on any atom is -0.310 e. The molecule has 0 spiro atoms. The molecule has 254 valence electrons. The first-order valence-corrected chi connectivity index (χ1v) is 18.5. The van der Waals surface area contributed by atoms with E-state index in [0.717, 1.165) is 28.3 Å². The van der Waals surface area contributed by atoms with Crippen LogP contribution in [0, 0.1) is 0 Å². The number of hydrogen-bond donors (Lipinski definition) is 0. The first-order chi connectivity index (χ1) is 26.8. The summed E-state index contributed by atoms with van der Waals surface area (Å²) in [5.41, 5.74) is 14.0. The molecular weight excluding hydrogens is 653 g/mol. The molecule has 2 nitrogen and oxygen atoms in total. The molecule has 54 heavy (non-hydrogen) atoms. The molecule has 0 saturated carbocycles. The van der Waals surface area contributed by atoms with Gasteiger partial charge < -0.3 is 9.47 Å². The van der Waals surface area contributed by atoms with E-state index in [0.29, 0.717) is 0 Å². The average Bonchev–Trinajstić information content (AvgIpc) is 3.59. The van der Waals surface area contributed by atoms with Crippen molar-refractivity contribution in [3.63, 3.8) is 0 Å². The molecule has 0 amide bonds. The van der Waals surface area contributed by atoms with E-state index in [1.54, 1.807) is 0 Å². The Hall–Kier alpha value is -7.16. The highest BCUT2D eigenvalue weighted by atomic mass is 15.1. The number of hydrogen-bond acceptors (Lipinski definition) is 1. The average molecular weight is 689 g/mol. The summed E-state index contributed by atoms with van der Waals surface area (Å²) in [4.78, 5) is 2.37. The number of benzene rings is 9. The minimum absolute atomic E-state index is 1.10. The summed E-state index contributed by atoms with van der Waals surface area (Å²) >= 11 is 0. The van der Waals surface area contributed by atoms with Gasteiger partial charge in [0.2, 0.25) is 0 Å². The van der Waals surface area contributed by atoms with Gasteiger partial charge in [-0.15, -0.1) is 0 Å². The Morgan fingerprint density at radius 3 is 1.44 bits per heavy atom. The van der Waals surface area contributed by atoms with Crippen LogP contribution in [0.5, 0.6) is 0 Å². The highest BCUT2D eigenvalue weighted by molar-refractivity contribution is 6.09. The van der Waals surface area contributed by atoms with Crippen LogP contribution in [0.3, 0.4) is 0 Å². The fraction of sp³-hybridized carbons (Fsp3) is 0.